The Morgan fingerprint density at radius 1 is 1.40 bits per heavy atom. The number of esters is 1. The maximum absolute atomic E-state index is 12.4. The number of nitrogens with zero attached hydrogens (tertiary/aromatic N) is 1. The molecule has 25 heavy (non-hydrogen) atoms. The number of aromatic amines is 1. The topological polar surface area (TPSA) is 104 Å². The molecule has 7 nitrogen and oxygen atoms in total. The third-order valence-corrected chi connectivity index (χ3v) is 4.46. The number of aromatic nitrogens is 1. The van der Waals surface area contributed by atoms with Crippen LogP contribution in [0.15, 0.2) is 35.6 Å². The SMILES string of the molecule is COC(=O)[C@H](CCSC)NC(=O)/C(Cc1c[nH]c2ccccc12)=N\O. The van der Waals surface area contributed by atoms with Crippen LogP contribution in [0.1, 0.15) is 12.0 Å². The Labute approximate surface area is 149 Å². The van der Waals surface area contributed by atoms with Crippen molar-refractivity contribution in [1.29, 1.82) is 0 Å². The van der Waals surface area contributed by atoms with Crippen molar-refractivity contribution in [2.75, 3.05) is 19.1 Å². The van der Waals surface area contributed by atoms with Gasteiger partial charge in [-0.25, -0.2) is 4.79 Å². The predicted octanol–water partition coefficient (Wildman–Crippen LogP) is 1.95. The lowest BCUT2D eigenvalue weighted by Gasteiger charge is -2.16. The molecule has 0 unspecified atom stereocenters. The highest BCUT2D eigenvalue weighted by atomic mass is 32.2. The van der Waals surface area contributed by atoms with E-state index in [-0.39, 0.29) is 12.1 Å². The van der Waals surface area contributed by atoms with Gasteiger partial charge in [-0.3, -0.25) is 4.79 Å². The summed E-state index contributed by atoms with van der Waals surface area (Å²) < 4.78 is 4.72. The van der Waals surface area contributed by atoms with Crippen LogP contribution in [-0.2, 0) is 20.7 Å². The number of rotatable bonds is 8. The van der Waals surface area contributed by atoms with Crippen LogP contribution in [0.5, 0.6) is 0 Å². The highest BCUT2D eigenvalue weighted by Crippen LogP contribution is 2.18. The quantitative estimate of drug-likeness (QED) is 0.288. The number of ether oxygens (including phenoxy) is 1. The summed E-state index contributed by atoms with van der Waals surface area (Å²) in [5, 5.41) is 15.9. The Balaban J connectivity index is 2.11. The lowest BCUT2D eigenvalue weighted by Crippen LogP contribution is -2.45. The Morgan fingerprint density at radius 2 is 2.16 bits per heavy atom. The maximum Gasteiger partial charge on any atom is 0.328 e. The molecule has 0 fully saturated rings. The lowest BCUT2D eigenvalue weighted by atomic mass is 10.1. The zero-order chi connectivity index (χ0) is 18.2. The van der Waals surface area contributed by atoms with E-state index in [1.54, 1.807) is 18.0 Å². The highest BCUT2D eigenvalue weighted by Gasteiger charge is 2.24. The monoisotopic (exact) mass is 363 g/mol. The van der Waals surface area contributed by atoms with Gasteiger partial charge in [0.15, 0.2) is 0 Å². The number of H-pyrrole nitrogens is 1. The van der Waals surface area contributed by atoms with Crippen molar-refractivity contribution in [3.63, 3.8) is 0 Å². The Bertz CT molecular complexity index is 772. The molecule has 0 aliphatic rings. The summed E-state index contributed by atoms with van der Waals surface area (Å²) in [5.41, 5.74) is 1.70. The molecular formula is C17H21N3O4S. The van der Waals surface area contributed by atoms with E-state index in [2.05, 4.69) is 15.5 Å². The molecule has 1 aromatic heterocycles. The number of thioether (sulfide) groups is 1. The van der Waals surface area contributed by atoms with Gasteiger partial charge in [0.25, 0.3) is 5.91 Å². The number of carbonyl (C=O) groups is 2. The van der Waals surface area contributed by atoms with E-state index in [0.29, 0.717) is 12.2 Å². The molecule has 0 bridgehead atoms. The van der Waals surface area contributed by atoms with E-state index in [1.807, 2.05) is 30.5 Å². The maximum atomic E-state index is 12.4. The fraction of sp³-hybridized carbons (Fsp3) is 0.353. The first kappa shape index (κ1) is 18.9. The summed E-state index contributed by atoms with van der Waals surface area (Å²) in [4.78, 5) is 27.3. The van der Waals surface area contributed by atoms with Gasteiger partial charge in [0.1, 0.15) is 11.8 Å². The Hall–Kier alpha value is -2.48. The number of para-hydroxylation sites is 1. The van der Waals surface area contributed by atoms with Crippen LogP contribution in [0.4, 0.5) is 0 Å². The van der Waals surface area contributed by atoms with E-state index < -0.39 is 17.9 Å². The summed E-state index contributed by atoms with van der Waals surface area (Å²) in [6.45, 7) is 0. The first-order valence-electron chi connectivity index (χ1n) is 7.74. The summed E-state index contributed by atoms with van der Waals surface area (Å²) >= 11 is 1.56. The van der Waals surface area contributed by atoms with Crippen LogP contribution in [0.3, 0.4) is 0 Å². The molecule has 134 valence electrons. The second kappa shape index (κ2) is 9.12. The molecule has 1 aromatic carbocycles. The summed E-state index contributed by atoms with van der Waals surface area (Å²) in [6.07, 6.45) is 4.26. The first-order valence-corrected chi connectivity index (χ1v) is 9.13. The zero-order valence-corrected chi connectivity index (χ0v) is 14.9. The largest absolute Gasteiger partial charge is 0.467 e. The summed E-state index contributed by atoms with van der Waals surface area (Å²) in [7, 11) is 1.27. The molecule has 2 aromatic rings. The van der Waals surface area contributed by atoms with Crippen molar-refractivity contribution in [3.8, 4) is 0 Å². The Kier molecular flexibility index (Phi) is 6.88. The molecule has 0 saturated carbocycles. The van der Waals surface area contributed by atoms with E-state index in [4.69, 9.17) is 4.74 Å². The average molecular weight is 363 g/mol. The van der Waals surface area contributed by atoms with Gasteiger partial charge in [-0.15, -0.1) is 0 Å². The van der Waals surface area contributed by atoms with Gasteiger partial charge in [0.2, 0.25) is 0 Å². The number of nitrogens with one attached hydrogen (secondary N) is 2. The van der Waals surface area contributed by atoms with Crippen LogP contribution in [0, 0.1) is 0 Å². The molecule has 0 aliphatic heterocycles. The van der Waals surface area contributed by atoms with Crippen LogP contribution >= 0.6 is 11.8 Å². The second-order valence-electron chi connectivity index (χ2n) is 5.41. The number of amides is 1. The van der Waals surface area contributed by atoms with E-state index in [1.165, 1.54) is 7.11 Å². The van der Waals surface area contributed by atoms with Crippen molar-refractivity contribution in [2.45, 2.75) is 18.9 Å². The molecule has 8 heteroatoms. The fourth-order valence-corrected chi connectivity index (χ4v) is 2.96. The van der Waals surface area contributed by atoms with Crippen LogP contribution in [0.2, 0.25) is 0 Å². The van der Waals surface area contributed by atoms with Crippen LogP contribution in [-0.4, -0.2) is 52.9 Å². The van der Waals surface area contributed by atoms with Gasteiger partial charge in [-0.1, -0.05) is 23.4 Å². The molecule has 0 aliphatic carbocycles. The standard InChI is InChI=1S/C17H21N3O4S/c1-24-17(22)14(7-8-25-2)19-16(21)15(20-23)9-11-10-18-13-6-4-3-5-12(11)13/h3-6,10,14,18,23H,7-9H2,1-2H3,(H,19,21)/b20-15-/t14-/m0/s1. The van der Waals surface area contributed by atoms with Crippen LogP contribution < -0.4 is 5.32 Å². The molecule has 1 heterocycles. The summed E-state index contributed by atoms with van der Waals surface area (Å²) in [6, 6.07) is 6.87. The first-order chi connectivity index (χ1) is 12.1. The number of fused-ring (bicyclic) bond motifs is 1. The van der Waals surface area contributed by atoms with Gasteiger partial charge in [-0.2, -0.15) is 11.8 Å². The molecule has 1 amide bonds. The number of hydrogen-bond acceptors (Lipinski definition) is 6. The molecule has 1 atom stereocenters. The van der Waals surface area contributed by atoms with Crippen molar-refractivity contribution < 1.29 is 19.5 Å². The lowest BCUT2D eigenvalue weighted by molar-refractivity contribution is -0.144. The average Bonchev–Trinajstić information content (AvgIpc) is 3.05. The highest BCUT2D eigenvalue weighted by molar-refractivity contribution is 7.98. The third kappa shape index (κ3) is 4.76. The zero-order valence-electron chi connectivity index (χ0n) is 14.1. The number of carbonyl (C=O) groups excluding carboxylic acids is 2. The predicted molar refractivity (Wildman–Crippen MR) is 98.2 cm³/mol. The van der Waals surface area contributed by atoms with Gasteiger partial charge < -0.3 is 20.2 Å². The number of hydrogen-bond donors (Lipinski definition) is 3. The van der Waals surface area contributed by atoms with Crippen molar-refractivity contribution in [1.82, 2.24) is 10.3 Å². The van der Waals surface area contributed by atoms with E-state index in [0.717, 1.165) is 16.5 Å². The summed E-state index contributed by atoms with van der Waals surface area (Å²) in [5.74, 6) is -0.426. The molecule has 3 N–H and O–H groups in total. The molecule has 0 radical (unpaired) electrons. The van der Waals surface area contributed by atoms with Gasteiger partial charge in [0, 0.05) is 23.5 Å². The van der Waals surface area contributed by atoms with E-state index >= 15 is 0 Å². The van der Waals surface area contributed by atoms with Crippen molar-refractivity contribution in [3.05, 3.63) is 36.0 Å². The van der Waals surface area contributed by atoms with Gasteiger partial charge in [-0.05, 0) is 30.1 Å². The van der Waals surface area contributed by atoms with E-state index in [9.17, 15) is 14.8 Å². The normalized spacial score (nSPS) is 12.8. The number of benzene rings is 1. The minimum absolute atomic E-state index is 0.0668. The number of oxime groups is 1. The minimum atomic E-state index is -0.773. The Morgan fingerprint density at radius 3 is 2.84 bits per heavy atom. The molecule has 0 spiro atoms. The third-order valence-electron chi connectivity index (χ3n) is 3.82. The van der Waals surface area contributed by atoms with Crippen LogP contribution in [0.25, 0.3) is 10.9 Å². The fourth-order valence-electron chi connectivity index (χ4n) is 2.49. The van der Waals surface area contributed by atoms with Crippen molar-refractivity contribution in [2.24, 2.45) is 5.16 Å². The molecule has 2 rings (SSSR count). The molecular weight excluding hydrogens is 342 g/mol. The number of methoxy groups -OCH3 is 1. The smallest absolute Gasteiger partial charge is 0.328 e. The van der Waals surface area contributed by atoms with Crippen molar-refractivity contribution >= 4 is 40.3 Å². The second-order valence-corrected chi connectivity index (χ2v) is 6.40. The van der Waals surface area contributed by atoms with Gasteiger partial charge >= 0.3 is 5.97 Å². The van der Waals surface area contributed by atoms with Gasteiger partial charge in [0.05, 0.1) is 7.11 Å². The molecule has 0 saturated heterocycles. The minimum Gasteiger partial charge on any atom is -0.467 e.